The number of carbonyl (C=O) groups excluding carboxylic acids is 2. The summed E-state index contributed by atoms with van der Waals surface area (Å²) in [4.78, 5) is 69.6. The number of fused-ring (bicyclic) bond motifs is 5. The normalized spacial score (nSPS) is 30.0. The van der Waals surface area contributed by atoms with Gasteiger partial charge in [0.25, 0.3) is 11.5 Å². The number of ether oxygens (including phenoxy) is 1. The van der Waals surface area contributed by atoms with E-state index in [1.165, 1.54) is 17.2 Å². The first-order valence-corrected chi connectivity index (χ1v) is 23.0. The number of benzene rings is 1. The van der Waals surface area contributed by atoms with E-state index in [4.69, 9.17) is 27.4 Å². The lowest BCUT2D eigenvalue weighted by Gasteiger charge is -2.29. The Balaban J connectivity index is 1.12. The van der Waals surface area contributed by atoms with Gasteiger partial charge in [-0.05, 0) is 24.6 Å². The highest BCUT2D eigenvalue weighted by molar-refractivity contribution is 7.48. The van der Waals surface area contributed by atoms with Crippen molar-refractivity contribution in [1.82, 2.24) is 34.1 Å². The van der Waals surface area contributed by atoms with Crippen LogP contribution in [-0.2, 0) is 41.3 Å². The van der Waals surface area contributed by atoms with Gasteiger partial charge in [-0.1, -0.05) is 39.0 Å². The summed E-state index contributed by atoms with van der Waals surface area (Å²) in [6, 6.07) is 11.8. The number of aromatic amines is 1. The van der Waals surface area contributed by atoms with Gasteiger partial charge in [-0.15, -0.1) is 0 Å². The maximum Gasteiger partial charge on any atom is 0.475 e. The summed E-state index contributed by atoms with van der Waals surface area (Å²) >= 11 is 0. The fourth-order valence-corrected chi connectivity index (χ4v) is 10.6. The summed E-state index contributed by atoms with van der Waals surface area (Å²) in [7, 11) is -9.67. The molecular formula is C38H44N10O13P2. The lowest BCUT2D eigenvalue weighted by atomic mass is 9.99. The molecule has 8 rings (SSSR count). The van der Waals surface area contributed by atoms with E-state index in [9.17, 15) is 38.8 Å². The molecule has 10 atom stereocenters. The van der Waals surface area contributed by atoms with Gasteiger partial charge in [0.05, 0.1) is 62.8 Å². The lowest BCUT2D eigenvalue weighted by molar-refractivity contribution is -0.118. The summed E-state index contributed by atoms with van der Waals surface area (Å²) in [5.41, 5.74) is -0.105. The van der Waals surface area contributed by atoms with Gasteiger partial charge in [-0.25, -0.2) is 24.1 Å². The second kappa shape index (κ2) is 18.1. The molecule has 3 fully saturated rings. The SMILES string of the molecule is CC(C)C(=O)Nc1nc2c(ncn2[C@@H]2O[C@@H]3COP(=O)(O)O[C@@H]4[C@@H](COP(=O)(OCCC#N)O[C@@H]2[C@@H]3CO)C[C@@H](n2ccc3c(NC(=O)c5ccccc5)ncnc32)[C@@H]4C)c(=O)[nH]1. The van der Waals surface area contributed by atoms with Crippen LogP contribution in [-0.4, -0.2) is 101 Å². The highest BCUT2D eigenvalue weighted by atomic mass is 31.2. The smallest absolute Gasteiger partial charge is 0.396 e. The monoisotopic (exact) mass is 910 g/mol. The molecule has 0 spiro atoms. The van der Waals surface area contributed by atoms with E-state index in [1.54, 1.807) is 63.4 Å². The molecule has 3 aliphatic rings. The number of aromatic nitrogens is 7. The van der Waals surface area contributed by atoms with Gasteiger partial charge in [0.15, 0.2) is 17.4 Å². The number of nitrogens with zero attached hydrogens (tertiary/aromatic N) is 7. The molecule has 2 saturated heterocycles. The third kappa shape index (κ3) is 9.10. The van der Waals surface area contributed by atoms with Crippen molar-refractivity contribution in [2.45, 2.75) is 64.2 Å². The van der Waals surface area contributed by atoms with Crippen LogP contribution in [0.25, 0.3) is 22.2 Å². The first kappa shape index (κ1) is 44.4. The van der Waals surface area contributed by atoms with Crippen molar-refractivity contribution in [2.75, 3.05) is 37.1 Å². The van der Waals surface area contributed by atoms with Gasteiger partial charge < -0.3 is 24.6 Å². The molecule has 2 unspecified atom stereocenters. The topological polar surface area (TPSA) is 306 Å². The van der Waals surface area contributed by atoms with Crippen LogP contribution in [0.1, 0.15) is 56.2 Å². The predicted molar refractivity (Wildman–Crippen MR) is 220 cm³/mol. The number of anilines is 2. The van der Waals surface area contributed by atoms with Gasteiger partial charge in [0, 0.05) is 41.5 Å². The van der Waals surface area contributed by atoms with E-state index in [2.05, 4.69) is 35.6 Å². The molecule has 0 radical (unpaired) electrons. The molecule has 25 heteroatoms. The number of hydrogen-bond donors (Lipinski definition) is 5. The van der Waals surface area contributed by atoms with Crippen molar-refractivity contribution in [1.29, 1.82) is 5.26 Å². The fraction of sp³-hybridized carbons (Fsp3) is 0.474. The van der Waals surface area contributed by atoms with E-state index in [1.807, 2.05) is 10.6 Å². The number of amides is 2. The van der Waals surface area contributed by atoms with Crippen molar-refractivity contribution in [3.8, 4) is 6.07 Å². The van der Waals surface area contributed by atoms with Crippen LogP contribution in [0.15, 0.2) is 60.0 Å². The van der Waals surface area contributed by atoms with Crippen molar-refractivity contribution in [3.05, 3.63) is 71.2 Å². The maximum absolute atomic E-state index is 14.8. The molecule has 2 amide bonds. The Morgan fingerprint density at radius 3 is 2.59 bits per heavy atom. The Hall–Kier alpha value is -5.24. The van der Waals surface area contributed by atoms with Crippen LogP contribution < -0.4 is 16.2 Å². The largest absolute Gasteiger partial charge is 0.475 e. The van der Waals surface area contributed by atoms with Crippen molar-refractivity contribution in [2.24, 2.45) is 23.7 Å². The van der Waals surface area contributed by atoms with Crippen LogP contribution in [0, 0.1) is 35.0 Å². The van der Waals surface area contributed by atoms with Crippen LogP contribution >= 0.6 is 15.6 Å². The number of aliphatic hydroxyl groups excluding tert-OH is 1. The highest BCUT2D eigenvalue weighted by Gasteiger charge is 2.53. The number of rotatable bonds is 10. The average Bonchev–Trinajstić information content (AvgIpc) is 4.03. The van der Waals surface area contributed by atoms with E-state index in [0.29, 0.717) is 16.6 Å². The summed E-state index contributed by atoms with van der Waals surface area (Å²) < 4.78 is 67.3. The van der Waals surface area contributed by atoms with E-state index >= 15 is 0 Å². The number of H-pyrrole nitrogens is 1. The fourth-order valence-electron chi connectivity index (χ4n) is 8.07. The van der Waals surface area contributed by atoms with Gasteiger partial charge in [0.2, 0.25) is 11.9 Å². The van der Waals surface area contributed by atoms with Crippen molar-refractivity contribution in [3.63, 3.8) is 0 Å². The summed E-state index contributed by atoms with van der Waals surface area (Å²) in [5.74, 6) is -3.65. The first-order chi connectivity index (χ1) is 30.2. The molecule has 23 nitrogen and oxygen atoms in total. The first-order valence-electron chi connectivity index (χ1n) is 20.0. The Kier molecular flexibility index (Phi) is 12.7. The van der Waals surface area contributed by atoms with Crippen LogP contribution in [0.5, 0.6) is 0 Å². The number of phosphoric ester groups is 2. The van der Waals surface area contributed by atoms with Crippen LogP contribution in [0.2, 0.25) is 0 Å². The Bertz CT molecular complexity index is 2710. The molecule has 2 aliphatic heterocycles. The maximum atomic E-state index is 14.8. The van der Waals surface area contributed by atoms with Gasteiger partial charge >= 0.3 is 15.6 Å². The summed E-state index contributed by atoms with van der Waals surface area (Å²) in [5, 5.41) is 25.9. The molecule has 1 aromatic carbocycles. The molecule has 6 heterocycles. The van der Waals surface area contributed by atoms with Crippen LogP contribution in [0.3, 0.4) is 0 Å². The molecule has 5 aromatic rings. The third-order valence-electron chi connectivity index (χ3n) is 11.3. The molecule has 5 N–H and O–H groups in total. The van der Waals surface area contributed by atoms with E-state index < -0.39 is 101 Å². The number of phosphoric acid groups is 2. The predicted octanol–water partition coefficient (Wildman–Crippen LogP) is 4.07. The number of nitriles is 1. The minimum Gasteiger partial charge on any atom is -0.396 e. The highest BCUT2D eigenvalue weighted by Crippen LogP contribution is 2.59. The minimum atomic E-state index is -4.94. The zero-order valence-corrected chi connectivity index (χ0v) is 35.8. The molecular weight excluding hydrogens is 866 g/mol. The van der Waals surface area contributed by atoms with Gasteiger partial charge in [-0.2, -0.15) is 10.2 Å². The number of nitrogens with one attached hydrogen (secondary N) is 3. The quantitative estimate of drug-likeness (QED) is 0.0974. The van der Waals surface area contributed by atoms with Crippen LogP contribution in [0.4, 0.5) is 11.8 Å². The zero-order chi connectivity index (χ0) is 44.6. The lowest BCUT2D eigenvalue weighted by Crippen LogP contribution is -2.33. The Morgan fingerprint density at radius 1 is 1.05 bits per heavy atom. The Morgan fingerprint density at radius 2 is 1.84 bits per heavy atom. The van der Waals surface area contributed by atoms with Gasteiger partial charge in [-0.3, -0.25) is 51.9 Å². The second-order valence-corrected chi connectivity index (χ2v) is 18.6. The number of aliphatic hydroxyl groups is 1. The number of imidazole rings is 1. The average molecular weight is 911 g/mol. The van der Waals surface area contributed by atoms with Crippen molar-refractivity contribution >= 4 is 61.4 Å². The molecule has 334 valence electrons. The molecule has 1 saturated carbocycles. The molecule has 63 heavy (non-hydrogen) atoms. The van der Waals surface area contributed by atoms with Gasteiger partial charge in [0.1, 0.15) is 23.9 Å². The number of carbonyl (C=O) groups is 2. The number of hydrogen-bond acceptors (Lipinski definition) is 17. The van der Waals surface area contributed by atoms with Crippen molar-refractivity contribution < 1.29 is 56.1 Å². The minimum absolute atomic E-state index is 0.101. The summed E-state index contributed by atoms with van der Waals surface area (Å²) in [6.07, 6.45) is -0.891. The van der Waals surface area contributed by atoms with E-state index in [-0.39, 0.29) is 48.3 Å². The molecule has 4 aromatic heterocycles. The zero-order valence-electron chi connectivity index (χ0n) is 34.0. The molecule has 1 aliphatic carbocycles. The Labute approximate surface area is 358 Å². The van der Waals surface area contributed by atoms with E-state index in [0.717, 1.165) is 0 Å². The summed E-state index contributed by atoms with van der Waals surface area (Å²) in [6.45, 7) is 2.94. The standard InChI is InChI=1S/C38H44N10O13P2/c1-20(2)34(50)45-38-44-33-28(36(52)46-38)42-19-48(33)37-30-25(15-49)27(59-37)17-57-62(53,54)60-29-21(3)26(14-23(29)16-58-63(55,61-30)56-13-7-11-39)47-12-10-24-31(40-18-41-32(24)47)43-35(51)22-8-5-4-6-9-22/h4-6,8-10,12,18-21,23,25-27,29-30,37,49H,7,13-17H2,1-3H3,(H,53,54)(H,40,41,43,51)(H2,44,45,46,50,52)/t21-,23+,25+,26+,27+,29-,30+,37+,63?/m0/s1. The second-order valence-electron chi connectivity index (χ2n) is 15.6. The molecule has 2 bridgehead atoms. The third-order valence-corrected chi connectivity index (χ3v) is 13.7.